The van der Waals surface area contributed by atoms with E-state index >= 15 is 0 Å². The molecule has 1 aliphatic heterocycles. The molecule has 0 bridgehead atoms. The SMILES string of the molecule is COc1ccc2c(c1)S(=O)(=O)C=C2C(C)O. The van der Waals surface area contributed by atoms with Gasteiger partial charge in [-0.3, -0.25) is 0 Å². The van der Waals surface area contributed by atoms with Crippen LogP contribution in [0.1, 0.15) is 12.5 Å². The van der Waals surface area contributed by atoms with Crippen LogP contribution in [0.2, 0.25) is 0 Å². The van der Waals surface area contributed by atoms with Gasteiger partial charge in [0.15, 0.2) is 0 Å². The van der Waals surface area contributed by atoms with Gasteiger partial charge in [0.2, 0.25) is 9.84 Å². The summed E-state index contributed by atoms with van der Waals surface area (Å²) in [6, 6.07) is 4.80. The molecule has 4 nitrogen and oxygen atoms in total. The molecule has 5 heteroatoms. The van der Waals surface area contributed by atoms with E-state index in [0.717, 1.165) is 5.41 Å². The Hall–Kier alpha value is -1.33. The van der Waals surface area contributed by atoms with Crippen LogP contribution >= 0.6 is 0 Å². The highest BCUT2D eigenvalue weighted by molar-refractivity contribution is 7.95. The molecule has 0 saturated heterocycles. The molecule has 0 spiro atoms. The topological polar surface area (TPSA) is 63.6 Å². The van der Waals surface area contributed by atoms with Gasteiger partial charge in [-0.1, -0.05) is 0 Å². The van der Waals surface area contributed by atoms with Gasteiger partial charge in [-0.25, -0.2) is 8.42 Å². The van der Waals surface area contributed by atoms with E-state index in [2.05, 4.69) is 0 Å². The fraction of sp³-hybridized carbons (Fsp3) is 0.273. The van der Waals surface area contributed by atoms with Gasteiger partial charge in [-0.05, 0) is 25.1 Å². The number of fused-ring (bicyclic) bond motifs is 1. The molecule has 1 unspecified atom stereocenters. The number of aliphatic hydroxyl groups is 1. The fourth-order valence-corrected chi connectivity index (χ4v) is 3.28. The van der Waals surface area contributed by atoms with Gasteiger partial charge < -0.3 is 9.84 Å². The summed E-state index contributed by atoms with van der Waals surface area (Å²) in [5.74, 6) is 0.488. The molecule has 0 radical (unpaired) electrons. The molecular formula is C11H12O4S. The molecule has 86 valence electrons. The molecule has 16 heavy (non-hydrogen) atoms. The second-order valence-electron chi connectivity index (χ2n) is 3.66. The summed E-state index contributed by atoms with van der Waals surface area (Å²) in [7, 11) is -1.96. The summed E-state index contributed by atoms with van der Waals surface area (Å²) < 4.78 is 28.6. The Bertz CT molecular complexity index is 555. The third kappa shape index (κ3) is 1.62. The van der Waals surface area contributed by atoms with Gasteiger partial charge in [0.1, 0.15) is 5.75 Å². The van der Waals surface area contributed by atoms with Crippen LogP contribution in [-0.2, 0) is 9.84 Å². The maximum Gasteiger partial charge on any atom is 0.200 e. The summed E-state index contributed by atoms with van der Waals surface area (Å²) >= 11 is 0. The zero-order valence-corrected chi connectivity index (χ0v) is 9.78. The van der Waals surface area contributed by atoms with Crippen molar-refractivity contribution in [3.63, 3.8) is 0 Å². The predicted molar refractivity (Wildman–Crippen MR) is 59.8 cm³/mol. The van der Waals surface area contributed by atoms with E-state index in [-0.39, 0.29) is 4.90 Å². The molecule has 0 amide bonds. The van der Waals surface area contributed by atoms with Crippen molar-refractivity contribution < 1.29 is 18.3 Å². The van der Waals surface area contributed by atoms with Crippen LogP contribution in [0.3, 0.4) is 0 Å². The van der Waals surface area contributed by atoms with Crippen LogP contribution in [0.4, 0.5) is 0 Å². The van der Waals surface area contributed by atoms with E-state index < -0.39 is 15.9 Å². The molecule has 2 rings (SSSR count). The van der Waals surface area contributed by atoms with Gasteiger partial charge in [0, 0.05) is 16.5 Å². The number of ether oxygens (including phenoxy) is 1. The van der Waals surface area contributed by atoms with Crippen molar-refractivity contribution in [2.75, 3.05) is 7.11 Å². The number of benzene rings is 1. The maximum atomic E-state index is 11.8. The van der Waals surface area contributed by atoms with Crippen molar-refractivity contribution >= 4 is 15.4 Å². The van der Waals surface area contributed by atoms with Gasteiger partial charge in [0.25, 0.3) is 0 Å². The minimum absolute atomic E-state index is 0.197. The lowest BCUT2D eigenvalue weighted by Gasteiger charge is -2.08. The number of aliphatic hydroxyl groups excluding tert-OH is 1. The number of methoxy groups -OCH3 is 1. The number of sulfone groups is 1. The molecule has 1 aromatic rings. The minimum Gasteiger partial charge on any atom is -0.497 e. The Morgan fingerprint density at radius 1 is 1.38 bits per heavy atom. The summed E-state index contributed by atoms with van der Waals surface area (Å²) in [6.45, 7) is 1.54. The van der Waals surface area contributed by atoms with Crippen molar-refractivity contribution in [3.8, 4) is 5.75 Å². The molecule has 0 aliphatic carbocycles. The first-order valence-corrected chi connectivity index (χ1v) is 6.33. The Balaban J connectivity index is 2.67. The third-order valence-corrected chi connectivity index (χ3v) is 4.05. The van der Waals surface area contributed by atoms with Crippen LogP contribution < -0.4 is 4.74 Å². The van der Waals surface area contributed by atoms with E-state index in [4.69, 9.17) is 4.74 Å². The molecule has 1 aliphatic rings. The minimum atomic E-state index is -3.43. The molecule has 1 heterocycles. The molecule has 1 N–H and O–H groups in total. The van der Waals surface area contributed by atoms with Crippen molar-refractivity contribution in [1.82, 2.24) is 0 Å². The van der Waals surface area contributed by atoms with E-state index in [1.54, 1.807) is 19.1 Å². The third-order valence-electron chi connectivity index (χ3n) is 2.54. The van der Waals surface area contributed by atoms with E-state index in [1.165, 1.54) is 13.2 Å². The van der Waals surface area contributed by atoms with Crippen LogP contribution in [0.5, 0.6) is 5.75 Å². The largest absolute Gasteiger partial charge is 0.497 e. The predicted octanol–water partition coefficient (Wildman–Crippen LogP) is 1.20. The number of rotatable bonds is 2. The van der Waals surface area contributed by atoms with Gasteiger partial charge in [-0.15, -0.1) is 0 Å². The Labute approximate surface area is 94.1 Å². The first-order valence-electron chi connectivity index (χ1n) is 4.79. The first kappa shape index (κ1) is 11.2. The highest BCUT2D eigenvalue weighted by Gasteiger charge is 2.29. The normalized spacial score (nSPS) is 18.8. The lowest BCUT2D eigenvalue weighted by atomic mass is 10.0. The van der Waals surface area contributed by atoms with Crippen molar-refractivity contribution in [3.05, 3.63) is 29.2 Å². The summed E-state index contributed by atoms with van der Waals surface area (Å²) in [6.07, 6.45) is -0.801. The van der Waals surface area contributed by atoms with Crippen molar-refractivity contribution in [1.29, 1.82) is 0 Å². The standard InChI is InChI=1S/C11H12O4S/c1-7(12)10-6-16(13,14)11-5-8(15-2)3-4-9(10)11/h3-7,12H,1-2H3. The van der Waals surface area contributed by atoms with Crippen molar-refractivity contribution in [2.45, 2.75) is 17.9 Å². The lowest BCUT2D eigenvalue weighted by Crippen LogP contribution is -2.01. The molecule has 1 aromatic carbocycles. The van der Waals surface area contributed by atoms with Gasteiger partial charge >= 0.3 is 0 Å². The monoisotopic (exact) mass is 240 g/mol. The van der Waals surface area contributed by atoms with Crippen LogP contribution in [0.25, 0.3) is 5.57 Å². The van der Waals surface area contributed by atoms with E-state index in [9.17, 15) is 13.5 Å². The van der Waals surface area contributed by atoms with Gasteiger partial charge in [0.05, 0.1) is 18.1 Å². The second kappa shape index (κ2) is 3.61. The van der Waals surface area contributed by atoms with Crippen LogP contribution in [0, 0.1) is 0 Å². The van der Waals surface area contributed by atoms with Crippen LogP contribution in [0.15, 0.2) is 28.5 Å². The zero-order chi connectivity index (χ0) is 11.9. The van der Waals surface area contributed by atoms with E-state index in [1.807, 2.05) is 0 Å². The fourth-order valence-electron chi connectivity index (χ4n) is 1.72. The Morgan fingerprint density at radius 3 is 2.62 bits per heavy atom. The van der Waals surface area contributed by atoms with Crippen LogP contribution in [-0.4, -0.2) is 26.7 Å². The molecule has 0 aromatic heterocycles. The van der Waals surface area contributed by atoms with Crippen molar-refractivity contribution in [2.24, 2.45) is 0 Å². The molecule has 0 fully saturated rings. The summed E-state index contributed by atoms with van der Waals surface area (Å²) in [5, 5.41) is 10.6. The second-order valence-corrected chi connectivity index (χ2v) is 5.42. The molecular weight excluding hydrogens is 228 g/mol. The summed E-state index contributed by atoms with van der Waals surface area (Å²) in [4.78, 5) is 0.197. The maximum absolute atomic E-state index is 11.8. The average Bonchev–Trinajstić information content (AvgIpc) is 2.51. The summed E-state index contributed by atoms with van der Waals surface area (Å²) in [5.41, 5.74) is 0.980. The Morgan fingerprint density at radius 2 is 2.06 bits per heavy atom. The molecule has 1 atom stereocenters. The zero-order valence-electron chi connectivity index (χ0n) is 8.97. The Kier molecular flexibility index (Phi) is 2.52. The smallest absolute Gasteiger partial charge is 0.200 e. The average molecular weight is 240 g/mol. The quantitative estimate of drug-likeness (QED) is 0.843. The highest BCUT2D eigenvalue weighted by Crippen LogP contribution is 2.37. The molecule has 0 saturated carbocycles. The van der Waals surface area contributed by atoms with Gasteiger partial charge in [-0.2, -0.15) is 0 Å². The first-order chi connectivity index (χ1) is 7.45. The number of hydrogen-bond acceptors (Lipinski definition) is 4. The highest BCUT2D eigenvalue weighted by atomic mass is 32.2. The lowest BCUT2D eigenvalue weighted by molar-refractivity contribution is 0.253. The number of hydrogen-bond donors (Lipinski definition) is 1. The van der Waals surface area contributed by atoms with E-state index in [0.29, 0.717) is 16.9 Å².